The van der Waals surface area contributed by atoms with Gasteiger partial charge in [-0.05, 0) is 58.7 Å². The number of nitrogens with zero attached hydrogens (tertiary/aromatic N) is 1. The molecule has 0 aromatic carbocycles. The highest BCUT2D eigenvalue weighted by atomic mass is 16.6. The molecule has 0 saturated carbocycles. The number of carbonyl (C=O) groups excluding carboxylic acids is 3. The topological polar surface area (TPSA) is 127 Å². The van der Waals surface area contributed by atoms with Gasteiger partial charge < -0.3 is 24.7 Å². The van der Waals surface area contributed by atoms with Gasteiger partial charge in [0.25, 0.3) is 5.60 Å². The zero-order valence-corrected chi connectivity index (χ0v) is 18.3. The van der Waals surface area contributed by atoms with Gasteiger partial charge in [0.2, 0.25) is 0 Å². The normalized spacial score (nSPS) is 12.7. The first-order valence-electron chi connectivity index (χ1n) is 9.91. The monoisotopic (exact) mass is 424 g/mol. The molecule has 9 heteroatoms. The van der Waals surface area contributed by atoms with E-state index in [2.05, 4.69) is 4.98 Å². The van der Waals surface area contributed by atoms with Gasteiger partial charge in [0.15, 0.2) is 0 Å². The van der Waals surface area contributed by atoms with Crippen molar-refractivity contribution in [2.75, 3.05) is 13.2 Å². The van der Waals surface area contributed by atoms with E-state index in [0.29, 0.717) is 5.56 Å². The quantitative estimate of drug-likeness (QED) is 0.322. The fourth-order valence-electron chi connectivity index (χ4n) is 2.63. The molecule has 0 aliphatic carbocycles. The van der Waals surface area contributed by atoms with Gasteiger partial charge in [-0.15, -0.1) is 0 Å². The van der Waals surface area contributed by atoms with Gasteiger partial charge in [0, 0.05) is 18.8 Å². The highest BCUT2D eigenvalue weighted by molar-refractivity contribution is 6.04. The lowest BCUT2D eigenvalue weighted by Gasteiger charge is -2.34. The van der Waals surface area contributed by atoms with Crippen LogP contribution < -0.4 is 5.73 Å². The van der Waals surface area contributed by atoms with Crippen LogP contribution in [0.4, 0.5) is 0 Å². The minimum atomic E-state index is -2.22. The van der Waals surface area contributed by atoms with E-state index in [-0.39, 0.29) is 32.7 Å². The second kappa shape index (κ2) is 11.6. The van der Waals surface area contributed by atoms with Crippen molar-refractivity contribution in [3.8, 4) is 0 Å². The minimum Gasteiger partial charge on any atom is -0.463 e. The van der Waals surface area contributed by atoms with Crippen molar-refractivity contribution in [2.24, 2.45) is 5.73 Å². The summed E-state index contributed by atoms with van der Waals surface area (Å²) in [6.07, 6.45) is 2.94. The van der Waals surface area contributed by atoms with E-state index in [4.69, 9.17) is 24.7 Å². The molecule has 2 N–H and O–H groups in total. The number of aromatic nitrogens is 1. The van der Waals surface area contributed by atoms with E-state index in [1.54, 1.807) is 59.1 Å². The maximum Gasteiger partial charge on any atom is 0.352 e. The van der Waals surface area contributed by atoms with Crippen LogP contribution in [0.25, 0.3) is 0 Å². The predicted molar refractivity (Wildman–Crippen MR) is 108 cm³/mol. The fraction of sp³-hybridized carbons (Fsp3) is 0.619. The molecule has 0 amide bonds. The van der Waals surface area contributed by atoms with E-state index in [0.717, 1.165) is 0 Å². The second-order valence-corrected chi connectivity index (χ2v) is 7.55. The summed E-state index contributed by atoms with van der Waals surface area (Å²) in [7, 11) is 0. The van der Waals surface area contributed by atoms with E-state index < -0.39 is 35.2 Å². The maximum absolute atomic E-state index is 12.9. The lowest BCUT2D eigenvalue weighted by atomic mass is 9.90. The average Bonchev–Trinajstić information content (AvgIpc) is 2.67. The first-order valence-corrected chi connectivity index (χ1v) is 9.91. The zero-order chi connectivity index (χ0) is 22.8. The summed E-state index contributed by atoms with van der Waals surface area (Å²) in [5.41, 5.74) is 4.02. The van der Waals surface area contributed by atoms with Crippen LogP contribution in [0.3, 0.4) is 0 Å². The molecule has 1 heterocycles. The molecule has 1 aromatic heterocycles. The number of rotatable bonds is 11. The van der Waals surface area contributed by atoms with Gasteiger partial charge >= 0.3 is 17.9 Å². The number of ether oxygens (including phenoxy) is 4. The lowest BCUT2D eigenvalue weighted by Crippen LogP contribution is -2.62. The van der Waals surface area contributed by atoms with Crippen LogP contribution in [0.2, 0.25) is 0 Å². The summed E-state index contributed by atoms with van der Waals surface area (Å²) in [5, 5.41) is 0. The van der Waals surface area contributed by atoms with E-state index in [9.17, 15) is 14.4 Å². The van der Waals surface area contributed by atoms with Crippen LogP contribution in [0.5, 0.6) is 0 Å². The van der Waals surface area contributed by atoms with Gasteiger partial charge in [-0.25, -0.2) is 9.59 Å². The van der Waals surface area contributed by atoms with Crippen LogP contribution in [0, 0.1) is 0 Å². The Labute approximate surface area is 177 Å². The molecule has 1 rings (SSSR count). The minimum absolute atomic E-state index is 0.0113. The Morgan fingerprint density at radius 1 is 1.03 bits per heavy atom. The Bertz CT molecular complexity index is 683. The summed E-state index contributed by atoms with van der Waals surface area (Å²) in [5.74, 6) is -2.43. The summed E-state index contributed by atoms with van der Waals surface area (Å²) < 4.78 is 21.3. The van der Waals surface area contributed by atoms with Crippen LogP contribution in [-0.2, 0) is 39.9 Å². The lowest BCUT2D eigenvalue weighted by molar-refractivity contribution is -0.196. The van der Waals surface area contributed by atoms with Crippen LogP contribution in [0.15, 0.2) is 24.5 Å². The summed E-state index contributed by atoms with van der Waals surface area (Å²) in [6, 6.07) is 2.14. The molecule has 30 heavy (non-hydrogen) atoms. The molecule has 0 radical (unpaired) electrons. The van der Waals surface area contributed by atoms with E-state index in [1.165, 1.54) is 0 Å². The van der Waals surface area contributed by atoms with Crippen molar-refractivity contribution >= 4 is 17.9 Å². The molecule has 0 saturated heterocycles. The third-order valence-electron chi connectivity index (χ3n) is 3.97. The maximum atomic E-state index is 12.9. The third-order valence-corrected chi connectivity index (χ3v) is 3.97. The van der Waals surface area contributed by atoms with Crippen LogP contribution >= 0.6 is 0 Å². The number of nitrogens with two attached hydrogens (primary N) is 1. The number of carbonyl (C=O) groups is 3. The smallest absolute Gasteiger partial charge is 0.352 e. The Hall–Kier alpha value is -2.52. The summed E-state index contributed by atoms with van der Waals surface area (Å²) >= 11 is 0. The molecular weight excluding hydrogens is 392 g/mol. The Morgan fingerprint density at radius 3 is 2.03 bits per heavy atom. The second-order valence-electron chi connectivity index (χ2n) is 7.55. The molecular formula is C21H32N2O7. The largest absolute Gasteiger partial charge is 0.463 e. The standard InChI is InChI=1S/C21H32N2O7/c1-6-27-18(25)21(19(26)28-7-2,29-14-15-10-12-23-13-11-15)16(22)8-9-17(24)30-20(3,4)5/h10-13,16H,6-9,14,22H2,1-5H3. The van der Waals surface area contributed by atoms with Crippen molar-refractivity contribution in [1.29, 1.82) is 0 Å². The van der Waals surface area contributed by atoms with Crippen molar-refractivity contribution in [1.82, 2.24) is 4.98 Å². The number of pyridine rings is 1. The number of hydrogen-bond donors (Lipinski definition) is 1. The summed E-state index contributed by atoms with van der Waals surface area (Å²) in [4.78, 5) is 41.7. The van der Waals surface area contributed by atoms with Crippen LogP contribution in [0.1, 0.15) is 53.0 Å². The highest BCUT2D eigenvalue weighted by Gasteiger charge is 2.55. The molecule has 0 aliphatic rings. The fourth-order valence-corrected chi connectivity index (χ4v) is 2.63. The van der Waals surface area contributed by atoms with E-state index in [1.807, 2.05) is 0 Å². The van der Waals surface area contributed by atoms with Crippen LogP contribution in [-0.4, -0.2) is 53.3 Å². The van der Waals surface area contributed by atoms with Crippen molar-refractivity contribution in [2.45, 2.75) is 71.3 Å². The third kappa shape index (κ3) is 7.38. The molecule has 168 valence electrons. The molecule has 1 aromatic rings. The van der Waals surface area contributed by atoms with Crippen molar-refractivity contribution in [3.63, 3.8) is 0 Å². The molecule has 0 bridgehead atoms. The van der Waals surface area contributed by atoms with Gasteiger partial charge in [-0.1, -0.05) is 0 Å². The summed E-state index contributed by atoms with van der Waals surface area (Å²) in [6.45, 7) is 8.33. The number of esters is 3. The Kier molecular flexibility index (Phi) is 9.88. The first kappa shape index (κ1) is 25.5. The number of hydrogen-bond acceptors (Lipinski definition) is 9. The van der Waals surface area contributed by atoms with E-state index >= 15 is 0 Å². The SMILES string of the molecule is CCOC(=O)C(OCc1ccncc1)(C(=O)OCC)C(N)CCC(=O)OC(C)(C)C. The van der Waals surface area contributed by atoms with Crippen molar-refractivity contribution < 1.29 is 33.3 Å². The highest BCUT2D eigenvalue weighted by Crippen LogP contribution is 2.25. The first-order chi connectivity index (χ1) is 14.1. The Balaban J connectivity index is 3.14. The van der Waals surface area contributed by atoms with Gasteiger partial charge in [-0.3, -0.25) is 9.78 Å². The molecule has 0 aliphatic heterocycles. The molecule has 1 atom stereocenters. The van der Waals surface area contributed by atoms with Gasteiger partial charge in [0.1, 0.15) is 5.60 Å². The molecule has 0 fully saturated rings. The molecule has 0 spiro atoms. The molecule has 1 unspecified atom stereocenters. The van der Waals surface area contributed by atoms with Gasteiger partial charge in [-0.2, -0.15) is 0 Å². The average molecular weight is 424 g/mol. The molecule has 9 nitrogen and oxygen atoms in total. The Morgan fingerprint density at radius 2 is 1.57 bits per heavy atom. The zero-order valence-electron chi connectivity index (χ0n) is 18.3. The predicted octanol–water partition coefficient (Wildman–Crippen LogP) is 1.91. The van der Waals surface area contributed by atoms with Gasteiger partial charge in [0.05, 0.1) is 25.9 Å². The van der Waals surface area contributed by atoms with Crippen molar-refractivity contribution in [3.05, 3.63) is 30.1 Å².